The van der Waals surface area contributed by atoms with Crippen LogP contribution in [0.15, 0.2) is 24.5 Å². The summed E-state index contributed by atoms with van der Waals surface area (Å²) < 4.78 is 22.4. The molecule has 0 unspecified atom stereocenters. The lowest BCUT2D eigenvalue weighted by Crippen LogP contribution is -1.93. The molecule has 10 heavy (non-hydrogen) atoms. The average molecular weight is 158 g/mol. The van der Waals surface area contributed by atoms with Crippen LogP contribution in [0.4, 0.5) is 5.69 Å². The van der Waals surface area contributed by atoms with Crippen molar-refractivity contribution in [3.05, 3.63) is 24.5 Å². The topological polar surface area (TPSA) is 59.1 Å². The minimum absolute atomic E-state index is 0.533. The van der Waals surface area contributed by atoms with Crippen LogP contribution in [0, 0.1) is 0 Å². The number of nitrogens with one attached hydrogen (secondary N) is 1. The first-order valence-electron chi connectivity index (χ1n) is 2.60. The molecular weight excluding hydrogens is 152 g/mol. The fourth-order valence-corrected chi connectivity index (χ4v) is 0.892. The van der Waals surface area contributed by atoms with Crippen molar-refractivity contribution in [2.24, 2.45) is 0 Å². The summed E-state index contributed by atoms with van der Waals surface area (Å²) in [4.78, 5) is 3.72. The third-order valence-corrected chi connectivity index (χ3v) is 1.34. The Morgan fingerprint density at radius 2 is 1.90 bits per heavy atom. The molecule has 4 nitrogen and oxygen atoms in total. The predicted molar refractivity (Wildman–Crippen MR) is 38.2 cm³/mol. The van der Waals surface area contributed by atoms with Crippen LogP contribution in [0.1, 0.15) is 0 Å². The highest BCUT2D eigenvalue weighted by Crippen LogP contribution is 2.01. The second-order valence-corrected chi connectivity index (χ2v) is 2.34. The highest BCUT2D eigenvalue weighted by atomic mass is 32.2. The van der Waals surface area contributed by atoms with E-state index < -0.39 is 10.9 Å². The lowest BCUT2D eigenvalue weighted by molar-refractivity contribution is 0.619. The first-order chi connectivity index (χ1) is 4.79. The molecule has 0 aliphatic heterocycles. The van der Waals surface area contributed by atoms with Crippen LogP contribution in [0.25, 0.3) is 0 Å². The number of hydrogen-bond acceptors (Lipinski definition) is 3. The van der Waals surface area contributed by atoms with E-state index in [9.17, 15) is 8.42 Å². The fourth-order valence-electron chi connectivity index (χ4n) is 0.532. The molecule has 0 saturated carbocycles. The van der Waals surface area contributed by atoms with E-state index >= 15 is 0 Å². The normalized spacial score (nSPS) is 9.70. The molecule has 0 aromatic carbocycles. The van der Waals surface area contributed by atoms with Crippen LogP contribution in [-0.4, -0.2) is 13.4 Å². The minimum atomic E-state index is -2.55. The first kappa shape index (κ1) is 7.01. The molecule has 5 heteroatoms. The molecule has 54 valence electrons. The largest absolute Gasteiger partial charge is 0.286 e. The van der Waals surface area contributed by atoms with Crippen LogP contribution in [0.3, 0.4) is 0 Å². The highest BCUT2D eigenvalue weighted by Gasteiger charge is 1.86. The number of thiol groups is 1. The van der Waals surface area contributed by atoms with Crippen LogP contribution in [0.2, 0.25) is 0 Å². The molecule has 1 rings (SSSR count). The summed E-state index contributed by atoms with van der Waals surface area (Å²) in [5.74, 6) is 0. The summed E-state index contributed by atoms with van der Waals surface area (Å²) in [7, 11) is -2.55. The Morgan fingerprint density at radius 1 is 1.30 bits per heavy atom. The Labute approximate surface area is 60.0 Å². The predicted octanol–water partition coefficient (Wildman–Crippen LogP) is 0.0199. The Bertz CT molecular complexity index is 262. The lowest BCUT2D eigenvalue weighted by atomic mass is 10.4. The van der Waals surface area contributed by atoms with Crippen LogP contribution in [-0.2, 0) is 10.9 Å². The van der Waals surface area contributed by atoms with Gasteiger partial charge >= 0.3 is 0 Å². The Hall–Kier alpha value is -1.10. The SMILES string of the molecule is O=[SH](=O)Nc1ccncc1. The number of hydrogen-bond donors (Lipinski definition) is 2. The first-order valence-corrected chi connectivity index (χ1v) is 3.78. The van der Waals surface area contributed by atoms with E-state index in [4.69, 9.17) is 0 Å². The summed E-state index contributed by atoms with van der Waals surface area (Å²) in [5.41, 5.74) is 0.533. The molecule has 0 aliphatic carbocycles. The van der Waals surface area contributed by atoms with E-state index in [-0.39, 0.29) is 0 Å². The molecule has 0 fully saturated rings. The monoisotopic (exact) mass is 158 g/mol. The number of pyridine rings is 1. The molecule has 0 saturated heterocycles. The highest BCUT2D eigenvalue weighted by molar-refractivity contribution is 7.73. The van der Waals surface area contributed by atoms with Crippen molar-refractivity contribution in [3.63, 3.8) is 0 Å². The van der Waals surface area contributed by atoms with Crippen molar-refractivity contribution in [2.75, 3.05) is 4.72 Å². The van der Waals surface area contributed by atoms with Gasteiger partial charge in [0.25, 0.3) is 0 Å². The van der Waals surface area contributed by atoms with Gasteiger partial charge in [-0.3, -0.25) is 9.71 Å². The summed E-state index contributed by atoms with van der Waals surface area (Å²) in [6, 6.07) is 3.15. The van der Waals surface area contributed by atoms with Crippen molar-refractivity contribution in [1.82, 2.24) is 4.98 Å². The van der Waals surface area contributed by atoms with Crippen molar-refractivity contribution >= 4 is 16.6 Å². The standard InChI is InChI=1S/C5H6N2O2S/c8-10(9)7-5-1-3-6-4-2-5/h1-4,10H,(H,6,7,8,9). The molecule has 1 heterocycles. The maximum Gasteiger partial charge on any atom is 0.222 e. The van der Waals surface area contributed by atoms with E-state index in [2.05, 4.69) is 9.71 Å². The number of rotatable bonds is 2. The Kier molecular flexibility index (Phi) is 2.22. The third-order valence-electron chi connectivity index (χ3n) is 0.901. The molecule has 0 aliphatic rings. The van der Waals surface area contributed by atoms with E-state index in [0.29, 0.717) is 5.69 Å². The van der Waals surface area contributed by atoms with Crippen molar-refractivity contribution in [2.45, 2.75) is 0 Å². The van der Waals surface area contributed by atoms with Gasteiger partial charge in [0.15, 0.2) is 0 Å². The van der Waals surface area contributed by atoms with Crippen molar-refractivity contribution in [3.8, 4) is 0 Å². The summed E-state index contributed by atoms with van der Waals surface area (Å²) >= 11 is 0. The molecule has 1 aromatic heterocycles. The minimum Gasteiger partial charge on any atom is -0.286 e. The maximum absolute atomic E-state index is 10.1. The zero-order valence-corrected chi connectivity index (χ0v) is 5.91. The van der Waals surface area contributed by atoms with Gasteiger partial charge in [0.1, 0.15) is 0 Å². The van der Waals surface area contributed by atoms with Crippen LogP contribution >= 0.6 is 0 Å². The molecule has 0 amide bonds. The molecule has 0 spiro atoms. The van der Waals surface area contributed by atoms with E-state index in [1.807, 2.05) is 0 Å². The van der Waals surface area contributed by atoms with E-state index in [1.165, 1.54) is 12.4 Å². The molecular formula is C5H6N2O2S. The summed E-state index contributed by atoms with van der Waals surface area (Å²) in [5, 5.41) is 0. The van der Waals surface area contributed by atoms with Crippen molar-refractivity contribution < 1.29 is 8.42 Å². The van der Waals surface area contributed by atoms with E-state index in [0.717, 1.165) is 0 Å². The maximum atomic E-state index is 10.1. The van der Waals surface area contributed by atoms with Crippen LogP contribution in [0.5, 0.6) is 0 Å². The number of aromatic nitrogens is 1. The molecule has 1 N–H and O–H groups in total. The number of anilines is 1. The van der Waals surface area contributed by atoms with Crippen molar-refractivity contribution in [1.29, 1.82) is 0 Å². The van der Waals surface area contributed by atoms with Gasteiger partial charge in [0.2, 0.25) is 10.9 Å². The van der Waals surface area contributed by atoms with Gasteiger partial charge in [-0.2, -0.15) is 0 Å². The fraction of sp³-hybridized carbons (Fsp3) is 0. The smallest absolute Gasteiger partial charge is 0.222 e. The summed E-state index contributed by atoms with van der Waals surface area (Å²) in [6.07, 6.45) is 3.03. The second kappa shape index (κ2) is 3.17. The zero-order valence-electron chi connectivity index (χ0n) is 5.02. The molecule has 0 atom stereocenters. The van der Waals surface area contributed by atoms with E-state index in [1.54, 1.807) is 12.1 Å². The number of nitrogens with zero attached hydrogens (tertiary/aromatic N) is 1. The average Bonchev–Trinajstić information content (AvgIpc) is 1.88. The molecule has 0 bridgehead atoms. The van der Waals surface area contributed by atoms with Gasteiger partial charge in [-0.25, -0.2) is 8.42 Å². The van der Waals surface area contributed by atoms with Gasteiger partial charge in [-0.05, 0) is 12.1 Å². The van der Waals surface area contributed by atoms with Gasteiger partial charge in [0, 0.05) is 12.4 Å². The molecule has 0 radical (unpaired) electrons. The zero-order chi connectivity index (χ0) is 7.40. The molecule has 1 aromatic rings. The van der Waals surface area contributed by atoms with Gasteiger partial charge in [-0.1, -0.05) is 0 Å². The second-order valence-electron chi connectivity index (χ2n) is 1.60. The van der Waals surface area contributed by atoms with Crippen LogP contribution < -0.4 is 4.72 Å². The third kappa shape index (κ3) is 2.02. The lowest BCUT2D eigenvalue weighted by Gasteiger charge is -1.93. The van der Waals surface area contributed by atoms with Gasteiger partial charge in [-0.15, -0.1) is 0 Å². The summed E-state index contributed by atoms with van der Waals surface area (Å²) in [6.45, 7) is 0. The quantitative estimate of drug-likeness (QED) is 0.596. The van der Waals surface area contributed by atoms with Gasteiger partial charge < -0.3 is 0 Å². The Morgan fingerprint density at radius 3 is 2.40 bits per heavy atom. The van der Waals surface area contributed by atoms with Gasteiger partial charge in [0.05, 0.1) is 5.69 Å². The Balaban J connectivity index is 2.77.